The van der Waals surface area contributed by atoms with Crippen molar-refractivity contribution in [3.8, 4) is 0 Å². The minimum atomic E-state index is -0.282. The molecule has 8 nitrogen and oxygen atoms in total. The number of fused-ring (bicyclic) bond motifs is 5. The molecule has 1 N–H and O–H groups in total. The van der Waals surface area contributed by atoms with Gasteiger partial charge < -0.3 is 14.8 Å². The first-order valence-electron chi connectivity index (χ1n) is 9.19. The molecule has 2 aliphatic heterocycles. The Hall–Kier alpha value is -2.10. The molecular formula is C18H21N5O3S. The molecule has 0 spiro atoms. The van der Waals surface area contributed by atoms with Crippen molar-refractivity contribution in [1.82, 2.24) is 24.9 Å². The standard InChI is InChI=1S/C18H21N5O3S/c1-18(2)6-11-12(8-26-18)27-17-13(11)15-21-14(22-23(15)9-20-17)16(24)19-7-10-4-3-5-25-10/h9-10H,3-8H2,1-2H3,(H,19,24)/t10-/m1/s1. The largest absolute Gasteiger partial charge is 0.376 e. The molecule has 2 aliphatic rings. The number of hydrogen-bond donors (Lipinski definition) is 1. The van der Waals surface area contributed by atoms with E-state index < -0.39 is 0 Å². The van der Waals surface area contributed by atoms with Crippen LogP contribution in [-0.4, -0.2) is 50.3 Å². The Balaban J connectivity index is 1.50. The fourth-order valence-corrected chi connectivity index (χ4v) is 4.79. The number of carbonyl (C=O) groups excluding carboxylic acids is 1. The summed E-state index contributed by atoms with van der Waals surface area (Å²) in [5, 5.41) is 8.20. The number of ether oxygens (including phenoxy) is 2. The summed E-state index contributed by atoms with van der Waals surface area (Å²) in [6.45, 7) is 6.00. The molecule has 0 unspecified atom stereocenters. The van der Waals surface area contributed by atoms with E-state index >= 15 is 0 Å². The first kappa shape index (κ1) is 17.0. The summed E-state index contributed by atoms with van der Waals surface area (Å²) < 4.78 is 13.1. The van der Waals surface area contributed by atoms with E-state index in [1.807, 2.05) is 0 Å². The molecule has 0 aromatic carbocycles. The summed E-state index contributed by atoms with van der Waals surface area (Å²) in [5.74, 6) is -0.122. The molecule has 0 radical (unpaired) electrons. The number of hydrogen-bond acceptors (Lipinski definition) is 7. The van der Waals surface area contributed by atoms with Crippen molar-refractivity contribution in [2.45, 2.75) is 51.4 Å². The molecule has 5 heterocycles. The van der Waals surface area contributed by atoms with Crippen LogP contribution in [0.4, 0.5) is 0 Å². The monoisotopic (exact) mass is 387 g/mol. The summed E-state index contributed by atoms with van der Waals surface area (Å²) in [6, 6.07) is 0. The molecular weight excluding hydrogens is 366 g/mol. The van der Waals surface area contributed by atoms with Crippen LogP contribution in [0.3, 0.4) is 0 Å². The molecule has 1 amide bonds. The van der Waals surface area contributed by atoms with Gasteiger partial charge in [0, 0.05) is 24.4 Å². The van der Waals surface area contributed by atoms with Crippen molar-refractivity contribution >= 4 is 33.1 Å². The third-order valence-corrected chi connectivity index (χ3v) is 6.24. The molecule has 27 heavy (non-hydrogen) atoms. The zero-order valence-corrected chi connectivity index (χ0v) is 16.1. The highest BCUT2D eigenvalue weighted by atomic mass is 32.1. The van der Waals surface area contributed by atoms with Gasteiger partial charge in [-0.3, -0.25) is 4.79 Å². The van der Waals surface area contributed by atoms with Crippen LogP contribution in [0.1, 0.15) is 47.7 Å². The predicted molar refractivity (Wildman–Crippen MR) is 100 cm³/mol. The second-order valence-corrected chi connectivity index (χ2v) is 8.79. The second-order valence-electron chi connectivity index (χ2n) is 7.70. The summed E-state index contributed by atoms with van der Waals surface area (Å²) >= 11 is 1.63. The van der Waals surface area contributed by atoms with Gasteiger partial charge in [0.05, 0.1) is 23.7 Å². The van der Waals surface area contributed by atoms with Gasteiger partial charge >= 0.3 is 0 Å². The number of thiophene rings is 1. The summed E-state index contributed by atoms with van der Waals surface area (Å²) in [6.07, 6.45) is 4.51. The van der Waals surface area contributed by atoms with E-state index in [0.717, 1.165) is 36.1 Å². The van der Waals surface area contributed by atoms with E-state index in [1.54, 1.807) is 22.2 Å². The maximum absolute atomic E-state index is 12.5. The minimum Gasteiger partial charge on any atom is -0.376 e. The topological polar surface area (TPSA) is 90.6 Å². The van der Waals surface area contributed by atoms with Gasteiger partial charge in [-0.2, -0.15) is 0 Å². The van der Waals surface area contributed by atoms with Gasteiger partial charge in [-0.25, -0.2) is 14.5 Å². The van der Waals surface area contributed by atoms with Crippen LogP contribution in [0.5, 0.6) is 0 Å². The maximum atomic E-state index is 12.5. The number of amides is 1. The summed E-state index contributed by atoms with van der Waals surface area (Å²) in [5.41, 5.74) is 1.66. The molecule has 1 saturated heterocycles. The zero-order chi connectivity index (χ0) is 18.6. The molecule has 9 heteroatoms. The molecule has 0 aliphatic carbocycles. The van der Waals surface area contributed by atoms with Crippen molar-refractivity contribution < 1.29 is 14.3 Å². The fraction of sp³-hybridized carbons (Fsp3) is 0.556. The lowest BCUT2D eigenvalue weighted by Gasteiger charge is -2.30. The van der Waals surface area contributed by atoms with Crippen LogP contribution < -0.4 is 5.32 Å². The normalized spacial score (nSPS) is 21.6. The highest BCUT2D eigenvalue weighted by molar-refractivity contribution is 7.19. The SMILES string of the molecule is CC1(C)Cc2c(sc3ncn4nc(C(=O)NC[C@H]5CCCO5)nc4c23)CO1. The smallest absolute Gasteiger partial charge is 0.291 e. The van der Waals surface area contributed by atoms with Crippen molar-refractivity contribution in [2.75, 3.05) is 13.2 Å². The van der Waals surface area contributed by atoms with E-state index in [0.29, 0.717) is 18.8 Å². The number of rotatable bonds is 3. The van der Waals surface area contributed by atoms with Gasteiger partial charge in [0.1, 0.15) is 11.2 Å². The third-order valence-electron chi connectivity index (χ3n) is 5.13. The lowest BCUT2D eigenvalue weighted by Crippen LogP contribution is -2.32. The van der Waals surface area contributed by atoms with E-state index in [4.69, 9.17) is 9.47 Å². The number of nitrogens with one attached hydrogen (secondary N) is 1. The van der Waals surface area contributed by atoms with Gasteiger partial charge in [-0.15, -0.1) is 16.4 Å². The van der Waals surface area contributed by atoms with Gasteiger partial charge in [-0.1, -0.05) is 0 Å². The number of carbonyl (C=O) groups is 1. The summed E-state index contributed by atoms with van der Waals surface area (Å²) in [7, 11) is 0. The van der Waals surface area contributed by atoms with Crippen LogP contribution in [0.25, 0.3) is 15.9 Å². The Morgan fingerprint density at radius 3 is 3.19 bits per heavy atom. The average molecular weight is 387 g/mol. The third kappa shape index (κ3) is 2.99. The van der Waals surface area contributed by atoms with Gasteiger partial charge in [-0.05, 0) is 32.3 Å². The Morgan fingerprint density at radius 1 is 1.48 bits per heavy atom. The molecule has 142 valence electrons. The first-order valence-corrected chi connectivity index (χ1v) is 10.0. The highest BCUT2D eigenvalue weighted by Crippen LogP contribution is 2.39. The van der Waals surface area contributed by atoms with E-state index in [1.165, 1.54) is 10.4 Å². The first-order chi connectivity index (χ1) is 13.0. The maximum Gasteiger partial charge on any atom is 0.291 e. The second kappa shape index (κ2) is 6.22. The van der Waals surface area contributed by atoms with Crippen LogP contribution in [-0.2, 0) is 22.5 Å². The molecule has 0 bridgehead atoms. The molecule has 5 rings (SSSR count). The van der Waals surface area contributed by atoms with Gasteiger partial charge in [0.2, 0.25) is 5.82 Å². The van der Waals surface area contributed by atoms with Crippen molar-refractivity contribution in [3.05, 3.63) is 22.6 Å². The highest BCUT2D eigenvalue weighted by Gasteiger charge is 2.31. The average Bonchev–Trinajstić information content (AvgIpc) is 3.35. The van der Waals surface area contributed by atoms with Crippen molar-refractivity contribution in [3.63, 3.8) is 0 Å². The quantitative estimate of drug-likeness (QED) is 0.740. The molecule has 0 saturated carbocycles. The van der Waals surface area contributed by atoms with Crippen LogP contribution in [0.15, 0.2) is 6.33 Å². The Bertz CT molecular complexity index is 1030. The lowest BCUT2D eigenvalue weighted by molar-refractivity contribution is -0.0379. The number of nitrogens with zero attached hydrogens (tertiary/aromatic N) is 4. The Labute approximate surface area is 159 Å². The van der Waals surface area contributed by atoms with E-state index in [9.17, 15) is 4.79 Å². The van der Waals surface area contributed by atoms with E-state index in [2.05, 4.69) is 34.2 Å². The summed E-state index contributed by atoms with van der Waals surface area (Å²) in [4.78, 5) is 23.6. The predicted octanol–water partition coefficient (Wildman–Crippen LogP) is 2.10. The molecule has 1 fully saturated rings. The van der Waals surface area contributed by atoms with Crippen LogP contribution >= 0.6 is 11.3 Å². The fourth-order valence-electron chi connectivity index (χ4n) is 3.73. The minimum absolute atomic E-state index is 0.0884. The van der Waals surface area contributed by atoms with Gasteiger partial charge in [0.15, 0.2) is 5.65 Å². The van der Waals surface area contributed by atoms with Crippen molar-refractivity contribution in [1.29, 1.82) is 0 Å². The number of aromatic nitrogens is 4. The lowest BCUT2D eigenvalue weighted by atomic mass is 9.94. The Morgan fingerprint density at radius 2 is 2.37 bits per heavy atom. The molecule has 3 aromatic heterocycles. The zero-order valence-electron chi connectivity index (χ0n) is 15.3. The molecule has 1 atom stereocenters. The van der Waals surface area contributed by atoms with Gasteiger partial charge in [0.25, 0.3) is 5.91 Å². The van der Waals surface area contributed by atoms with Crippen LogP contribution in [0, 0.1) is 0 Å². The van der Waals surface area contributed by atoms with Crippen molar-refractivity contribution in [2.24, 2.45) is 0 Å². The van der Waals surface area contributed by atoms with Crippen LogP contribution in [0.2, 0.25) is 0 Å². The van der Waals surface area contributed by atoms with E-state index in [-0.39, 0.29) is 23.4 Å². The Kier molecular flexibility index (Phi) is 3.92. The molecule has 3 aromatic rings.